The second kappa shape index (κ2) is 7.88. The Kier molecular flexibility index (Phi) is 5.18. The number of aromatic nitrogens is 3. The standard InChI is InChI=1S/C23H25ClFN5O/c1-13-27-19-9-20(30-7-3-4-14(12-30)15-10-26-11-15)28-22(21(19)23(31)29(13)2)17-6-5-16(24)8-18(17)25/h5-6,8-9,14-15,26H,3-4,7,10-12H2,1-2H3/t14-/m0/s1. The van der Waals surface area contributed by atoms with Crippen molar-refractivity contribution in [2.75, 3.05) is 31.1 Å². The number of rotatable bonds is 3. The summed E-state index contributed by atoms with van der Waals surface area (Å²) in [5, 5.41) is 3.99. The number of benzene rings is 1. The molecule has 31 heavy (non-hydrogen) atoms. The number of halogens is 2. The zero-order valence-corrected chi connectivity index (χ0v) is 18.4. The lowest BCUT2D eigenvalue weighted by Crippen LogP contribution is -2.51. The van der Waals surface area contributed by atoms with Crippen LogP contribution in [0.4, 0.5) is 10.2 Å². The van der Waals surface area contributed by atoms with Crippen LogP contribution in [0, 0.1) is 24.6 Å². The molecule has 0 unspecified atom stereocenters. The van der Waals surface area contributed by atoms with Gasteiger partial charge in [0.1, 0.15) is 17.5 Å². The van der Waals surface area contributed by atoms with Crippen LogP contribution in [-0.2, 0) is 7.05 Å². The molecule has 0 aliphatic carbocycles. The van der Waals surface area contributed by atoms with Crippen LogP contribution in [0.3, 0.4) is 0 Å². The lowest BCUT2D eigenvalue weighted by molar-refractivity contribution is 0.207. The fourth-order valence-electron chi connectivity index (χ4n) is 4.67. The molecule has 4 heterocycles. The third-order valence-corrected chi connectivity index (χ3v) is 6.95. The van der Waals surface area contributed by atoms with E-state index in [1.54, 1.807) is 26.1 Å². The molecule has 2 aliphatic heterocycles. The minimum atomic E-state index is -0.502. The molecule has 0 saturated carbocycles. The highest BCUT2D eigenvalue weighted by Crippen LogP contribution is 2.34. The van der Waals surface area contributed by atoms with Gasteiger partial charge in [0.25, 0.3) is 5.56 Å². The molecule has 2 aromatic heterocycles. The van der Waals surface area contributed by atoms with E-state index < -0.39 is 5.82 Å². The van der Waals surface area contributed by atoms with E-state index in [1.165, 1.54) is 17.1 Å². The van der Waals surface area contributed by atoms with E-state index in [1.807, 2.05) is 6.07 Å². The third-order valence-electron chi connectivity index (χ3n) is 6.72. The highest BCUT2D eigenvalue weighted by Gasteiger charge is 2.32. The maximum absolute atomic E-state index is 14.9. The molecule has 0 amide bonds. The highest BCUT2D eigenvalue weighted by molar-refractivity contribution is 6.30. The first-order valence-corrected chi connectivity index (χ1v) is 11.1. The first-order valence-electron chi connectivity index (χ1n) is 10.7. The maximum Gasteiger partial charge on any atom is 0.263 e. The van der Waals surface area contributed by atoms with Gasteiger partial charge in [0.15, 0.2) is 0 Å². The molecule has 162 valence electrons. The van der Waals surface area contributed by atoms with Crippen molar-refractivity contribution >= 4 is 28.3 Å². The summed E-state index contributed by atoms with van der Waals surface area (Å²) >= 11 is 5.97. The maximum atomic E-state index is 14.9. The normalized spacial score (nSPS) is 19.6. The number of aryl methyl sites for hydroxylation is 1. The van der Waals surface area contributed by atoms with E-state index in [9.17, 15) is 9.18 Å². The Hall–Kier alpha value is -2.51. The van der Waals surface area contributed by atoms with Crippen LogP contribution < -0.4 is 15.8 Å². The van der Waals surface area contributed by atoms with E-state index in [-0.39, 0.29) is 11.1 Å². The van der Waals surface area contributed by atoms with Crippen LogP contribution in [0.1, 0.15) is 18.7 Å². The van der Waals surface area contributed by atoms with Crippen molar-refractivity contribution in [1.82, 2.24) is 19.9 Å². The number of pyridine rings is 1. The Balaban J connectivity index is 1.68. The van der Waals surface area contributed by atoms with Gasteiger partial charge in [0, 0.05) is 36.8 Å². The first-order chi connectivity index (χ1) is 14.9. The summed E-state index contributed by atoms with van der Waals surface area (Å²) < 4.78 is 16.4. The van der Waals surface area contributed by atoms with Crippen LogP contribution in [0.15, 0.2) is 29.1 Å². The summed E-state index contributed by atoms with van der Waals surface area (Å²) in [5.41, 5.74) is 0.892. The Morgan fingerprint density at radius 3 is 2.71 bits per heavy atom. The largest absolute Gasteiger partial charge is 0.356 e. The first kappa shape index (κ1) is 20.4. The Bertz CT molecular complexity index is 1220. The molecule has 1 N–H and O–H groups in total. The minimum Gasteiger partial charge on any atom is -0.356 e. The number of hydrogen-bond donors (Lipinski definition) is 1. The summed E-state index contributed by atoms with van der Waals surface area (Å²) in [7, 11) is 1.67. The molecule has 1 atom stereocenters. The van der Waals surface area contributed by atoms with Crippen molar-refractivity contribution < 1.29 is 4.39 Å². The molecular weight excluding hydrogens is 417 g/mol. The van der Waals surface area contributed by atoms with Gasteiger partial charge < -0.3 is 10.2 Å². The Morgan fingerprint density at radius 2 is 2.00 bits per heavy atom. The van der Waals surface area contributed by atoms with Crippen LogP contribution in [-0.4, -0.2) is 40.7 Å². The van der Waals surface area contributed by atoms with Crippen molar-refractivity contribution in [3.63, 3.8) is 0 Å². The molecule has 2 saturated heterocycles. The van der Waals surface area contributed by atoms with Crippen LogP contribution in [0.25, 0.3) is 22.2 Å². The predicted molar refractivity (Wildman–Crippen MR) is 121 cm³/mol. The molecule has 8 heteroatoms. The average Bonchev–Trinajstić information content (AvgIpc) is 2.70. The van der Waals surface area contributed by atoms with E-state index in [0.29, 0.717) is 39.3 Å². The zero-order valence-electron chi connectivity index (χ0n) is 17.7. The summed E-state index contributed by atoms with van der Waals surface area (Å²) in [6.07, 6.45) is 2.31. The van der Waals surface area contributed by atoms with Crippen LogP contribution in [0.2, 0.25) is 5.02 Å². The Morgan fingerprint density at radius 1 is 1.19 bits per heavy atom. The summed E-state index contributed by atoms with van der Waals surface area (Å²) in [4.78, 5) is 24.8. The predicted octanol–water partition coefficient (Wildman–Crippen LogP) is 3.53. The van der Waals surface area contributed by atoms with Gasteiger partial charge in [-0.2, -0.15) is 0 Å². The summed E-state index contributed by atoms with van der Waals surface area (Å²) in [6, 6.07) is 6.33. The van der Waals surface area contributed by atoms with Gasteiger partial charge in [0.2, 0.25) is 0 Å². The minimum absolute atomic E-state index is 0.233. The van der Waals surface area contributed by atoms with Crippen molar-refractivity contribution in [3.8, 4) is 11.3 Å². The monoisotopic (exact) mass is 441 g/mol. The number of nitrogens with zero attached hydrogens (tertiary/aromatic N) is 4. The summed E-state index contributed by atoms with van der Waals surface area (Å²) in [5.74, 6) is 2.16. The Labute approximate surface area is 185 Å². The molecule has 2 fully saturated rings. The number of piperidine rings is 1. The highest BCUT2D eigenvalue weighted by atomic mass is 35.5. The molecule has 0 spiro atoms. The van der Waals surface area contributed by atoms with Crippen molar-refractivity contribution in [3.05, 3.63) is 51.3 Å². The van der Waals surface area contributed by atoms with E-state index in [4.69, 9.17) is 16.6 Å². The fraction of sp³-hybridized carbons (Fsp3) is 0.435. The number of nitrogens with one attached hydrogen (secondary N) is 1. The molecule has 6 nitrogen and oxygen atoms in total. The molecule has 5 rings (SSSR count). The van der Waals surface area contributed by atoms with Crippen LogP contribution >= 0.6 is 11.6 Å². The quantitative estimate of drug-likeness (QED) is 0.673. The summed E-state index contributed by atoms with van der Waals surface area (Å²) in [6.45, 7) is 5.74. The second-order valence-electron chi connectivity index (χ2n) is 8.64. The van der Waals surface area contributed by atoms with Gasteiger partial charge in [-0.1, -0.05) is 11.6 Å². The van der Waals surface area contributed by atoms with Crippen molar-refractivity contribution in [2.24, 2.45) is 18.9 Å². The van der Waals surface area contributed by atoms with Gasteiger partial charge in [0.05, 0.1) is 16.6 Å². The van der Waals surface area contributed by atoms with Crippen LogP contribution in [0.5, 0.6) is 0 Å². The molecule has 0 bridgehead atoms. The van der Waals surface area contributed by atoms with Gasteiger partial charge in [-0.3, -0.25) is 9.36 Å². The van der Waals surface area contributed by atoms with Gasteiger partial charge in [-0.15, -0.1) is 0 Å². The van der Waals surface area contributed by atoms with Crippen molar-refractivity contribution in [1.29, 1.82) is 0 Å². The molecule has 1 aromatic carbocycles. The molecule has 2 aliphatic rings. The topological polar surface area (TPSA) is 63.1 Å². The number of fused-ring (bicyclic) bond motifs is 1. The lowest BCUT2D eigenvalue weighted by Gasteiger charge is -2.41. The van der Waals surface area contributed by atoms with E-state index in [2.05, 4.69) is 15.2 Å². The van der Waals surface area contributed by atoms with Gasteiger partial charge >= 0.3 is 0 Å². The molecule has 0 radical (unpaired) electrons. The van der Waals surface area contributed by atoms with Crippen molar-refractivity contribution in [2.45, 2.75) is 19.8 Å². The van der Waals surface area contributed by atoms with Gasteiger partial charge in [-0.25, -0.2) is 14.4 Å². The average molecular weight is 442 g/mol. The van der Waals surface area contributed by atoms with E-state index in [0.717, 1.165) is 38.4 Å². The smallest absolute Gasteiger partial charge is 0.263 e. The SMILES string of the molecule is Cc1nc2cc(N3CCC[C@H](C4CNC4)C3)nc(-c3ccc(Cl)cc3F)c2c(=O)n1C. The lowest BCUT2D eigenvalue weighted by atomic mass is 9.82. The fourth-order valence-corrected chi connectivity index (χ4v) is 4.83. The number of hydrogen-bond acceptors (Lipinski definition) is 5. The molecular formula is C23H25ClFN5O. The third kappa shape index (κ3) is 3.59. The molecule has 3 aromatic rings. The number of anilines is 1. The second-order valence-corrected chi connectivity index (χ2v) is 9.07. The van der Waals surface area contributed by atoms with Gasteiger partial charge in [-0.05, 0) is 62.9 Å². The van der Waals surface area contributed by atoms with E-state index >= 15 is 0 Å². The zero-order chi connectivity index (χ0) is 21.7.